The van der Waals surface area contributed by atoms with Crippen LogP contribution in [0.15, 0.2) is 30.6 Å². The van der Waals surface area contributed by atoms with Crippen LogP contribution in [0.25, 0.3) is 6.08 Å². The minimum Gasteiger partial charge on any atom is -0.468 e. The van der Waals surface area contributed by atoms with Gasteiger partial charge in [-0.2, -0.15) is 0 Å². The van der Waals surface area contributed by atoms with E-state index in [1.165, 1.54) is 20.3 Å². The number of nitrogens with zero attached hydrogens (tertiary/aromatic N) is 1. The molecule has 0 atom stereocenters. The van der Waals surface area contributed by atoms with Crippen LogP contribution in [0.5, 0.6) is 0 Å². The number of aromatic nitrogens is 1. The summed E-state index contributed by atoms with van der Waals surface area (Å²) in [5.41, 5.74) is 0.783. The van der Waals surface area contributed by atoms with Crippen molar-refractivity contribution < 1.29 is 19.1 Å². The third kappa shape index (κ3) is 3.71. The van der Waals surface area contributed by atoms with Crippen LogP contribution in [0, 0.1) is 5.92 Å². The van der Waals surface area contributed by atoms with E-state index in [9.17, 15) is 9.59 Å². The van der Waals surface area contributed by atoms with Crippen LogP contribution in [-0.4, -0.2) is 31.1 Å². The molecule has 0 N–H and O–H groups in total. The monoisotopic (exact) mass is 235 g/mol. The van der Waals surface area contributed by atoms with E-state index in [1.54, 1.807) is 30.6 Å². The van der Waals surface area contributed by atoms with Gasteiger partial charge >= 0.3 is 11.9 Å². The van der Waals surface area contributed by atoms with Gasteiger partial charge in [-0.05, 0) is 11.6 Å². The standard InChI is InChI=1S/C12H13NO4/c1-16-11(14)10(12(15)17-2)6-5-9-4-3-7-13-8-9/h3-8,10H,1-2H3/b6-5+. The molecule has 0 fully saturated rings. The van der Waals surface area contributed by atoms with Crippen molar-refractivity contribution in [1.29, 1.82) is 0 Å². The van der Waals surface area contributed by atoms with E-state index in [1.807, 2.05) is 0 Å². The number of rotatable bonds is 4. The smallest absolute Gasteiger partial charge is 0.323 e. The van der Waals surface area contributed by atoms with E-state index in [4.69, 9.17) is 0 Å². The molecule has 0 saturated heterocycles. The zero-order valence-corrected chi connectivity index (χ0v) is 9.62. The SMILES string of the molecule is COC(=O)C(/C=C/c1cccnc1)C(=O)OC. The molecule has 5 nitrogen and oxygen atoms in total. The molecular formula is C12H13NO4. The first-order chi connectivity index (χ1) is 8.19. The second-order valence-corrected chi connectivity index (χ2v) is 3.17. The lowest BCUT2D eigenvalue weighted by Gasteiger charge is -2.07. The van der Waals surface area contributed by atoms with Gasteiger partial charge in [0.15, 0.2) is 5.92 Å². The van der Waals surface area contributed by atoms with Crippen LogP contribution in [-0.2, 0) is 19.1 Å². The van der Waals surface area contributed by atoms with Gasteiger partial charge in [0, 0.05) is 12.4 Å². The molecule has 5 heteroatoms. The van der Waals surface area contributed by atoms with Crippen LogP contribution >= 0.6 is 0 Å². The van der Waals surface area contributed by atoms with Crippen molar-refractivity contribution in [3.05, 3.63) is 36.2 Å². The van der Waals surface area contributed by atoms with Crippen LogP contribution in [0.4, 0.5) is 0 Å². The minimum atomic E-state index is -1.05. The van der Waals surface area contributed by atoms with E-state index < -0.39 is 17.9 Å². The van der Waals surface area contributed by atoms with Gasteiger partial charge in [0.1, 0.15) is 0 Å². The van der Waals surface area contributed by atoms with Crippen molar-refractivity contribution in [3.63, 3.8) is 0 Å². The topological polar surface area (TPSA) is 65.5 Å². The van der Waals surface area contributed by atoms with Crippen LogP contribution < -0.4 is 0 Å². The van der Waals surface area contributed by atoms with Crippen molar-refractivity contribution in [1.82, 2.24) is 4.98 Å². The van der Waals surface area contributed by atoms with Crippen LogP contribution in [0.1, 0.15) is 5.56 Å². The molecule has 0 aromatic carbocycles. The zero-order chi connectivity index (χ0) is 12.7. The van der Waals surface area contributed by atoms with Gasteiger partial charge in [-0.15, -0.1) is 0 Å². The molecule has 0 aliphatic heterocycles. The fourth-order valence-corrected chi connectivity index (χ4v) is 1.19. The Morgan fingerprint density at radius 2 is 1.94 bits per heavy atom. The largest absolute Gasteiger partial charge is 0.468 e. The maximum atomic E-state index is 11.3. The number of carbonyl (C=O) groups excluding carboxylic acids is 2. The van der Waals surface area contributed by atoms with Gasteiger partial charge in [-0.3, -0.25) is 14.6 Å². The second kappa shape index (κ2) is 6.42. The summed E-state index contributed by atoms with van der Waals surface area (Å²) in [6, 6.07) is 3.56. The Morgan fingerprint density at radius 3 is 2.41 bits per heavy atom. The molecule has 17 heavy (non-hydrogen) atoms. The number of hydrogen-bond acceptors (Lipinski definition) is 5. The van der Waals surface area contributed by atoms with Crippen LogP contribution in [0.3, 0.4) is 0 Å². The highest BCUT2D eigenvalue weighted by Gasteiger charge is 2.25. The fourth-order valence-electron chi connectivity index (χ4n) is 1.19. The van der Waals surface area contributed by atoms with Gasteiger partial charge < -0.3 is 9.47 Å². The summed E-state index contributed by atoms with van der Waals surface area (Å²) in [5.74, 6) is -2.36. The summed E-state index contributed by atoms with van der Waals surface area (Å²) in [6.45, 7) is 0. The van der Waals surface area contributed by atoms with E-state index >= 15 is 0 Å². The van der Waals surface area contributed by atoms with E-state index in [2.05, 4.69) is 14.5 Å². The highest BCUT2D eigenvalue weighted by atomic mass is 16.5. The second-order valence-electron chi connectivity index (χ2n) is 3.17. The Hall–Kier alpha value is -2.17. The maximum Gasteiger partial charge on any atom is 0.323 e. The first-order valence-electron chi connectivity index (χ1n) is 4.93. The maximum absolute atomic E-state index is 11.3. The molecule has 0 aliphatic carbocycles. The Balaban J connectivity index is 2.83. The number of methoxy groups -OCH3 is 2. The Bertz CT molecular complexity index is 398. The summed E-state index contributed by atoms with van der Waals surface area (Å²) >= 11 is 0. The summed E-state index contributed by atoms with van der Waals surface area (Å²) in [5, 5.41) is 0. The van der Waals surface area contributed by atoms with Crippen molar-refractivity contribution in [2.24, 2.45) is 5.92 Å². The lowest BCUT2D eigenvalue weighted by molar-refractivity contribution is -0.156. The Morgan fingerprint density at radius 1 is 1.29 bits per heavy atom. The van der Waals surface area contributed by atoms with Crippen molar-refractivity contribution in [2.45, 2.75) is 0 Å². The minimum absolute atomic E-state index is 0.656. The zero-order valence-electron chi connectivity index (χ0n) is 9.62. The average molecular weight is 235 g/mol. The summed E-state index contributed by atoms with van der Waals surface area (Å²) in [4.78, 5) is 26.6. The molecule has 1 rings (SSSR count). The first kappa shape index (κ1) is 12.9. The Kier molecular flexibility index (Phi) is 4.87. The van der Waals surface area contributed by atoms with Gasteiger partial charge in [0.25, 0.3) is 0 Å². The number of esters is 2. The van der Waals surface area contributed by atoms with Crippen molar-refractivity contribution >= 4 is 18.0 Å². The summed E-state index contributed by atoms with van der Waals surface area (Å²) < 4.78 is 9.03. The predicted octanol–water partition coefficient (Wildman–Crippen LogP) is 1.06. The number of ether oxygens (including phenoxy) is 2. The highest BCUT2D eigenvalue weighted by Crippen LogP contribution is 2.08. The lowest BCUT2D eigenvalue weighted by atomic mass is 10.1. The average Bonchev–Trinajstić information content (AvgIpc) is 2.39. The molecule has 1 aromatic rings. The Labute approximate surface area is 99.1 Å². The third-order valence-electron chi connectivity index (χ3n) is 2.08. The number of hydrogen-bond donors (Lipinski definition) is 0. The predicted molar refractivity (Wildman–Crippen MR) is 60.8 cm³/mol. The molecular weight excluding hydrogens is 222 g/mol. The molecule has 0 spiro atoms. The molecule has 0 radical (unpaired) electrons. The van der Waals surface area contributed by atoms with Crippen LogP contribution in [0.2, 0.25) is 0 Å². The molecule has 1 aromatic heterocycles. The van der Waals surface area contributed by atoms with Gasteiger partial charge in [0.05, 0.1) is 14.2 Å². The van der Waals surface area contributed by atoms with Gasteiger partial charge in [0.2, 0.25) is 0 Å². The van der Waals surface area contributed by atoms with Crippen molar-refractivity contribution in [2.75, 3.05) is 14.2 Å². The quantitative estimate of drug-likeness (QED) is 0.576. The molecule has 0 saturated carbocycles. The molecule has 90 valence electrons. The summed E-state index contributed by atoms with van der Waals surface area (Å²) in [7, 11) is 2.44. The number of pyridine rings is 1. The highest BCUT2D eigenvalue weighted by molar-refractivity contribution is 5.97. The summed E-state index contributed by atoms with van der Waals surface area (Å²) in [6.07, 6.45) is 6.29. The molecule has 0 amide bonds. The van der Waals surface area contributed by atoms with Gasteiger partial charge in [-0.25, -0.2) is 0 Å². The van der Waals surface area contributed by atoms with Crippen molar-refractivity contribution in [3.8, 4) is 0 Å². The van der Waals surface area contributed by atoms with E-state index in [0.717, 1.165) is 5.56 Å². The normalized spacial score (nSPS) is 10.5. The molecule has 1 heterocycles. The first-order valence-corrected chi connectivity index (χ1v) is 4.93. The lowest BCUT2D eigenvalue weighted by Crippen LogP contribution is -2.24. The molecule has 0 bridgehead atoms. The number of carbonyl (C=O) groups is 2. The molecule has 0 aliphatic rings. The fraction of sp³-hybridized carbons (Fsp3) is 0.250. The van der Waals surface area contributed by atoms with E-state index in [0.29, 0.717) is 0 Å². The van der Waals surface area contributed by atoms with E-state index in [-0.39, 0.29) is 0 Å². The molecule has 0 unspecified atom stereocenters. The van der Waals surface area contributed by atoms with Gasteiger partial charge in [-0.1, -0.05) is 18.2 Å². The third-order valence-corrected chi connectivity index (χ3v) is 2.08.